The van der Waals surface area contributed by atoms with E-state index in [1.54, 1.807) is 11.6 Å². The molecule has 0 radical (unpaired) electrons. The Balaban J connectivity index is 1.67. The van der Waals surface area contributed by atoms with Crippen LogP contribution in [0.2, 0.25) is 0 Å². The minimum atomic E-state index is -0.717. The highest BCUT2D eigenvalue weighted by Gasteiger charge is 2.13. The van der Waals surface area contributed by atoms with Crippen LogP contribution in [0.4, 0.5) is 20.3 Å². The zero-order chi connectivity index (χ0) is 17.6. The van der Waals surface area contributed by atoms with Crippen molar-refractivity contribution in [3.8, 4) is 0 Å². The number of anilines is 1. The number of aliphatic imine (C=N–C) groups is 1. The second-order valence-electron chi connectivity index (χ2n) is 5.64. The predicted molar refractivity (Wildman–Crippen MR) is 100 cm³/mol. The minimum absolute atomic E-state index is 0.0509. The van der Waals surface area contributed by atoms with E-state index < -0.39 is 11.6 Å². The SMILES string of the molecule is Fc1ccc(N=CN/C(=C\S)c2ccc(N3CCCC3)nc2)c(F)c1. The third-order valence-corrected chi connectivity index (χ3v) is 4.21. The summed E-state index contributed by atoms with van der Waals surface area (Å²) in [7, 11) is 0. The lowest BCUT2D eigenvalue weighted by atomic mass is 10.2. The van der Waals surface area contributed by atoms with Crippen molar-refractivity contribution < 1.29 is 8.78 Å². The molecular formula is C18H18F2N4S. The van der Waals surface area contributed by atoms with Gasteiger partial charge in [-0.15, -0.1) is 12.6 Å². The normalized spacial score (nSPS) is 15.2. The lowest BCUT2D eigenvalue weighted by molar-refractivity contribution is 0.585. The first-order chi connectivity index (χ1) is 12.2. The number of rotatable bonds is 5. The molecule has 4 nitrogen and oxygen atoms in total. The zero-order valence-corrected chi connectivity index (χ0v) is 14.4. The summed E-state index contributed by atoms with van der Waals surface area (Å²) in [4.78, 5) is 10.7. The average molecular weight is 360 g/mol. The van der Waals surface area contributed by atoms with Gasteiger partial charge in [0.2, 0.25) is 0 Å². The number of nitrogens with one attached hydrogen (secondary N) is 1. The van der Waals surface area contributed by atoms with E-state index in [4.69, 9.17) is 0 Å². The molecule has 0 spiro atoms. The Hall–Kier alpha value is -2.41. The van der Waals surface area contributed by atoms with Crippen LogP contribution in [0.25, 0.3) is 5.70 Å². The molecule has 1 aliphatic heterocycles. The molecule has 0 bridgehead atoms. The van der Waals surface area contributed by atoms with E-state index in [1.807, 2.05) is 12.1 Å². The zero-order valence-electron chi connectivity index (χ0n) is 13.5. The molecule has 0 amide bonds. The highest BCUT2D eigenvalue weighted by molar-refractivity contribution is 7.83. The first kappa shape index (κ1) is 17.4. The maximum Gasteiger partial charge on any atom is 0.151 e. The number of hydrogen-bond donors (Lipinski definition) is 2. The molecule has 3 rings (SSSR count). The summed E-state index contributed by atoms with van der Waals surface area (Å²) in [5.41, 5.74) is 1.56. The largest absolute Gasteiger partial charge is 0.357 e. The van der Waals surface area contributed by atoms with Crippen molar-refractivity contribution in [3.05, 3.63) is 59.1 Å². The van der Waals surface area contributed by atoms with Crippen LogP contribution in [0.1, 0.15) is 18.4 Å². The summed E-state index contributed by atoms with van der Waals surface area (Å²) in [6, 6.07) is 7.15. The standard InChI is InChI=1S/C18H18F2N4S/c19-14-4-5-16(15(20)9-14)22-12-23-17(11-25)13-3-6-18(21-10-13)24-7-1-2-8-24/h3-6,9-12,25H,1-2,7-8H2,(H,22,23)/b17-11-. The molecule has 25 heavy (non-hydrogen) atoms. The summed E-state index contributed by atoms with van der Waals surface area (Å²) in [5.74, 6) is -0.391. The van der Waals surface area contributed by atoms with Crippen molar-refractivity contribution in [1.29, 1.82) is 0 Å². The summed E-state index contributed by atoms with van der Waals surface area (Å²) >= 11 is 4.19. The number of thiol groups is 1. The predicted octanol–water partition coefficient (Wildman–Crippen LogP) is 4.14. The molecule has 1 aliphatic rings. The van der Waals surface area contributed by atoms with Crippen LogP contribution < -0.4 is 10.2 Å². The van der Waals surface area contributed by atoms with Gasteiger partial charge in [0, 0.05) is 30.9 Å². The monoisotopic (exact) mass is 360 g/mol. The molecule has 0 aliphatic carbocycles. The van der Waals surface area contributed by atoms with Crippen LogP contribution in [-0.4, -0.2) is 24.4 Å². The highest BCUT2D eigenvalue weighted by Crippen LogP contribution is 2.20. The molecule has 7 heteroatoms. The molecule has 2 heterocycles. The van der Waals surface area contributed by atoms with Gasteiger partial charge >= 0.3 is 0 Å². The fourth-order valence-corrected chi connectivity index (χ4v) is 2.85. The molecule has 0 unspecified atom stereocenters. The van der Waals surface area contributed by atoms with Gasteiger partial charge in [-0.2, -0.15) is 0 Å². The first-order valence-corrected chi connectivity index (χ1v) is 8.49. The molecule has 1 fully saturated rings. The van der Waals surface area contributed by atoms with Gasteiger partial charge in [0.1, 0.15) is 17.3 Å². The van der Waals surface area contributed by atoms with Gasteiger partial charge in [0.25, 0.3) is 0 Å². The van der Waals surface area contributed by atoms with Gasteiger partial charge in [0.05, 0.1) is 12.0 Å². The summed E-state index contributed by atoms with van der Waals surface area (Å²) < 4.78 is 26.4. The average Bonchev–Trinajstić information content (AvgIpc) is 3.15. The Morgan fingerprint density at radius 3 is 2.64 bits per heavy atom. The fraction of sp³-hybridized carbons (Fsp3) is 0.222. The molecule has 1 aromatic carbocycles. The Labute approximate surface area is 150 Å². The number of hydrogen-bond acceptors (Lipinski definition) is 4. The van der Waals surface area contributed by atoms with E-state index in [9.17, 15) is 8.78 Å². The van der Waals surface area contributed by atoms with E-state index in [-0.39, 0.29) is 5.69 Å². The van der Waals surface area contributed by atoms with Crippen molar-refractivity contribution in [2.75, 3.05) is 18.0 Å². The molecule has 0 saturated carbocycles. The Morgan fingerprint density at radius 1 is 1.20 bits per heavy atom. The van der Waals surface area contributed by atoms with Gasteiger partial charge in [0.15, 0.2) is 5.82 Å². The van der Waals surface area contributed by atoms with E-state index in [0.29, 0.717) is 5.70 Å². The second kappa shape index (κ2) is 8.11. The van der Waals surface area contributed by atoms with Gasteiger partial charge in [-0.25, -0.2) is 18.8 Å². The third kappa shape index (κ3) is 4.36. The van der Waals surface area contributed by atoms with Crippen molar-refractivity contribution >= 4 is 36.2 Å². The van der Waals surface area contributed by atoms with Crippen molar-refractivity contribution in [3.63, 3.8) is 0 Å². The van der Waals surface area contributed by atoms with Gasteiger partial charge in [-0.3, -0.25) is 0 Å². The van der Waals surface area contributed by atoms with E-state index in [1.165, 1.54) is 25.2 Å². The van der Waals surface area contributed by atoms with Crippen LogP contribution in [0, 0.1) is 11.6 Å². The van der Waals surface area contributed by atoms with Crippen molar-refractivity contribution in [1.82, 2.24) is 10.3 Å². The summed E-state index contributed by atoms with van der Waals surface area (Å²) in [6.45, 7) is 2.07. The molecule has 1 aromatic heterocycles. The molecule has 2 aromatic rings. The third-order valence-electron chi connectivity index (χ3n) is 3.95. The smallest absolute Gasteiger partial charge is 0.151 e. The fourth-order valence-electron chi connectivity index (χ4n) is 2.63. The van der Waals surface area contributed by atoms with Crippen LogP contribution in [0.3, 0.4) is 0 Å². The lowest BCUT2D eigenvalue weighted by Gasteiger charge is -2.16. The second-order valence-corrected chi connectivity index (χ2v) is 5.90. The maximum atomic E-state index is 13.5. The number of aromatic nitrogens is 1. The van der Waals surface area contributed by atoms with Crippen LogP contribution in [0.15, 0.2) is 46.9 Å². The summed E-state index contributed by atoms with van der Waals surface area (Å²) in [6.07, 6.45) is 5.49. The number of halogens is 2. The van der Waals surface area contributed by atoms with Gasteiger partial charge < -0.3 is 10.2 Å². The molecular weight excluding hydrogens is 342 g/mol. The van der Waals surface area contributed by atoms with E-state index in [2.05, 4.69) is 32.8 Å². The quantitative estimate of drug-likeness (QED) is 0.478. The van der Waals surface area contributed by atoms with Crippen molar-refractivity contribution in [2.45, 2.75) is 12.8 Å². The van der Waals surface area contributed by atoms with Crippen LogP contribution in [-0.2, 0) is 0 Å². The van der Waals surface area contributed by atoms with Crippen molar-refractivity contribution in [2.24, 2.45) is 4.99 Å². The Morgan fingerprint density at radius 2 is 2.00 bits per heavy atom. The van der Waals surface area contributed by atoms with E-state index in [0.717, 1.165) is 36.6 Å². The van der Waals surface area contributed by atoms with Gasteiger partial charge in [-0.1, -0.05) is 0 Å². The number of nitrogens with zero attached hydrogens (tertiary/aromatic N) is 3. The number of pyridine rings is 1. The molecule has 130 valence electrons. The summed E-state index contributed by atoms with van der Waals surface area (Å²) in [5, 5.41) is 4.53. The minimum Gasteiger partial charge on any atom is -0.357 e. The molecule has 0 atom stereocenters. The van der Waals surface area contributed by atoms with Gasteiger partial charge in [-0.05, 0) is 42.5 Å². The first-order valence-electron chi connectivity index (χ1n) is 7.97. The lowest BCUT2D eigenvalue weighted by Crippen LogP contribution is -2.19. The topological polar surface area (TPSA) is 40.5 Å². The van der Waals surface area contributed by atoms with E-state index >= 15 is 0 Å². The highest BCUT2D eigenvalue weighted by atomic mass is 32.1. The Kier molecular flexibility index (Phi) is 5.65. The number of benzene rings is 1. The molecule has 1 N–H and O–H groups in total. The Bertz CT molecular complexity index is 784. The van der Waals surface area contributed by atoms with Crippen LogP contribution in [0.5, 0.6) is 0 Å². The van der Waals surface area contributed by atoms with Crippen LogP contribution >= 0.6 is 12.6 Å². The molecule has 1 saturated heterocycles. The maximum absolute atomic E-state index is 13.5.